The molecule has 1 aromatic carbocycles. The van der Waals surface area contributed by atoms with Gasteiger partial charge in [-0.3, -0.25) is 4.79 Å². The van der Waals surface area contributed by atoms with E-state index in [1.54, 1.807) is 11.9 Å². The molecule has 0 bridgehead atoms. The highest BCUT2D eigenvalue weighted by Gasteiger charge is 2.22. The van der Waals surface area contributed by atoms with Crippen LogP contribution in [0.5, 0.6) is 0 Å². The van der Waals surface area contributed by atoms with E-state index in [4.69, 9.17) is 17.3 Å². The number of likely N-dealkylation sites (N-methyl/N-ethyl adjacent to an activating group) is 1. The molecule has 5 heteroatoms. The van der Waals surface area contributed by atoms with Crippen molar-refractivity contribution in [2.45, 2.75) is 38.8 Å². The van der Waals surface area contributed by atoms with Gasteiger partial charge in [0.15, 0.2) is 0 Å². The van der Waals surface area contributed by atoms with Crippen LogP contribution in [0.15, 0.2) is 24.3 Å². The van der Waals surface area contributed by atoms with Crippen LogP contribution in [0.3, 0.4) is 0 Å². The maximum absolute atomic E-state index is 12.1. The van der Waals surface area contributed by atoms with Crippen molar-refractivity contribution in [2.24, 2.45) is 5.73 Å². The van der Waals surface area contributed by atoms with E-state index in [1.165, 1.54) is 0 Å². The number of halogens is 2. The van der Waals surface area contributed by atoms with Crippen molar-refractivity contribution in [3.05, 3.63) is 34.9 Å². The fourth-order valence-electron chi connectivity index (χ4n) is 1.88. The van der Waals surface area contributed by atoms with Gasteiger partial charge in [0.25, 0.3) is 0 Å². The lowest BCUT2D eigenvalue weighted by Gasteiger charge is -2.28. The normalized spacial score (nSPS) is 13.3. The van der Waals surface area contributed by atoms with Gasteiger partial charge in [-0.2, -0.15) is 0 Å². The first-order chi connectivity index (χ1) is 8.47. The average molecular weight is 305 g/mol. The molecule has 0 aliphatic rings. The Kier molecular flexibility index (Phi) is 8.07. The summed E-state index contributed by atoms with van der Waals surface area (Å²) in [4.78, 5) is 13.8. The van der Waals surface area contributed by atoms with E-state index < -0.39 is 6.04 Å². The summed E-state index contributed by atoms with van der Waals surface area (Å²) in [5.74, 6) is -0.0238. The number of carbonyl (C=O) groups is 1. The minimum atomic E-state index is -0.415. The Balaban J connectivity index is 0.00000324. The zero-order chi connectivity index (χ0) is 13.7. The number of carbonyl (C=O) groups excluding carboxylic acids is 1. The summed E-state index contributed by atoms with van der Waals surface area (Å²) in [7, 11) is 1.78. The Morgan fingerprint density at radius 1 is 1.47 bits per heavy atom. The molecule has 0 aliphatic heterocycles. The molecule has 0 saturated carbocycles. The van der Waals surface area contributed by atoms with Gasteiger partial charge in [-0.25, -0.2) is 0 Å². The molecule has 1 amide bonds. The van der Waals surface area contributed by atoms with Crippen molar-refractivity contribution in [1.29, 1.82) is 0 Å². The first-order valence-corrected chi connectivity index (χ1v) is 6.62. The lowest BCUT2D eigenvalue weighted by atomic mass is 10.1. The third-order valence-corrected chi connectivity index (χ3v) is 3.41. The molecule has 0 aromatic heterocycles. The summed E-state index contributed by atoms with van der Waals surface area (Å²) < 4.78 is 0. The predicted octanol–water partition coefficient (Wildman–Crippen LogP) is 3.41. The number of nitrogens with zero attached hydrogens (tertiary/aromatic N) is 1. The van der Waals surface area contributed by atoms with Crippen LogP contribution in [-0.4, -0.2) is 23.9 Å². The average Bonchev–Trinajstić information content (AvgIpc) is 2.36. The number of hydrogen-bond donors (Lipinski definition) is 1. The molecule has 0 aliphatic carbocycles. The molecule has 0 spiro atoms. The quantitative estimate of drug-likeness (QED) is 0.906. The molecule has 1 rings (SSSR count). The van der Waals surface area contributed by atoms with Crippen LogP contribution in [0.2, 0.25) is 5.02 Å². The van der Waals surface area contributed by atoms with Gasteiger partial charge in [-0.15, -0.1) is 12.4 Å². The molecular weight excluding hydrogens is 283 g/mol. The summed E-state index contributed by atoms with van der Waals surface area (Å²) in [5, 5.41) is 0.679. The molecule has 0 radical (unpaired) electrons. The van der Waals surface area contributed by atoms with E-state index in [0.29, 0.717) is 11.4 Å². The molecular formula is C14H22Cl2N2O. The van der Waals surface area contributed by atoms with E-state index >= 15 is 0 Å². The molecule has 0 heterocycles. The molecule has 108 valence electrons. The third kappa shape index (κ3) is 5.01. The second-order valence-corrected chi connectivity index (χ2v) is 5.01. The van der Waals surface area contributed by atoms with Crippen LogP contribution in [0, 0.1) is 0 Å². The fraction of sp³-hybridized carbons (Fsp3) is 0.500. The van der Waals surface area contributed by atoms with Crippen molar-refractivity contribution in [3.63, 3.8) is 0 Å². The van der Waals surface area contributed by atoms with Gasteiger partial charge in [0, 0.05) is 12.1 Å². The summed E-state index contributed by atoms with van der Waals surface area (Å²) in [5.41, 5.74) is 6.87. The topological polar surface area (TPSA) is 46.3 Å². The first-order valence-electron chi connectivity index (χ1n) is 6.25. The standard InChI is InChI=1S/C14H21ClN2O.ClH/c1-4-6-13(16)14(18)17(3)10(2)11-7-5-8-12(15)9-11;/h5,7-10,13H,4,6,16H2,1-3H3;1H. The van der Waals surface area contributed by atoms with Crippen LogP contribution in [0.25, 0.3) is 0 Å². The Morgan fingerprint density at radius 3 is 2.63 bits per heavy atom. The SMILES string of the molecule is CCCC(N)C(=O)N(C)C(C)c1cccc(Cl)c1.Cl. The molecule has 0 fully saturated rings. The maximum atomic E-state index is 12.1. The van der Waals surface area contributed by atoms with E-state index in [0.717, 1.165) is 12.0 Å². The highest BCUT2D eigenvalue weighted by atomic mass is 35.5. The second kappa shape index (κ2) is 8.41. The van der Waals surface area contributed by atoms with Crippen molar-refractivity contribution in [1.82, 2.24) is 4.90 Å². The first kappa shape index (κ1) is 18.2. The molecule has 2 unspecified atom stereocenters. The molecule has 3 nitrogen and oxygen atoms in total. The van der Waals surface area contributed by atoms with Gasteiger partial charge in [-0.05, 0) is 31.0 Å². The van der Waals surface area contributed by atoms with Crippen molar-refractivity contribution in [3.8, 4) is 0 Å². The van der Waals surface area contributed by atoms with Crippen molar-refractivity contribution >= 4 is 29.9 Å². The van der Waals surface area contributed by atoms with Crippen molar-refractivity contribution in [2.75, 3.05) is 7.05 Å². The summed E-state index contributed by atoms with van der Waals surface area (Å²) in [6.45, 7) is 4.00. The van der Waals surface area contributed by atoms with Gasteiger partial charge in [0.05, 0.1) is 12.1 Å². The predicted molar refractivity (Wildman–Crippen MR) is 82.8 cm³/mol. The van der Waals surface area contributed by atoms with E-state index in [-0.39, 0.29) is 24.4 Å². The molecule has 0 saturated heterocycles. The lowest BCUT2D eigenvalue weighted by Crippen LogP contribution is -2.42. The third-order valence-electron chi connectivity index (χ3n) is 3.18. The Morgan fingerprint density at radius 2 is 2.11 bits per heavy atom. The zero-order valence-corrected chi connectivity index (χ0v) is 13.2. The zero-order valence-electron chi connectivity index (χ0n) is 11.6. The number of rotatable bonds is 5. The Hall–Kier alpha value is -0.770. The maximum Gasteiger partial charge on any atom is 0.239 e. The van der Waals surface area contributed by atoms with E-state index in [1.807, 2.05) is 38.1 Å². The van der Waals surface area contributed by atoms with Crippen LogP contribution >= 0.6 is 24.0 Å². The summed E-state index contributed by atoms with van der Waals surface area (Å²) in [6.07, 6.45) is 1.62. The number of nitrogens with two attached hydrogens (primary N) is 1. The smallest absolute Gasteiger partial charge is 0.239 e. The largest absolute Gasteiger partial charge is 0.338 e. The van der Waals surface area contributed by atoms with Gasteiger partial charge >= 0.3 is 0 Å². The highest BCUT2D eigenvalue weighted by Crippen LogP contribution is 2.22. The monoisotopic (exact) mass is 304 g/mol. The van der Waals surface area contributed by atoms with Gasteiger partial charge < -0.3 is 10.6 Å². The van der Waals surface area contributed by atoms with Gasteiger partial charge in [-0.1, -0.05) is 37.1 Å². The summed E-state index contributed by atoms with van der Waals surface area (Å²) >= 11 is 5.96. The fourth-order valence-corrected chi connectivity index (χ4v) is 2.08. The second-order valence-electron chi connectivity index (χ2n) is 4.58. The minimum absolute atomic E-state index is 0. The number of amides is 1. The van der Waals surface area contributed by atoms with Gasteiger partial charge in [0.2, 0.25) is 5.91 Å². The Labute approximate surface area is 126 Å². The lowest BCUT2D eigenvalue weighted by molar-refractivity contribution is -0.133. The molecule has 2 atom stereocenters. The minimum Gasteiger partial charge on any atom is -0.338 e. The van der Waals surface area contributed by atoms with Crippen LogP contribution in [0.1, 0.15) is 38.3 Å². The Bertz CT molecular complexity index is 412. The summed E-state index contributed by atoms with van der Waals surface area (Å²) in [6, 6.07) is 7.11. The van der Waals surface area contributed by atoms with Gasteiger partial charge in [0.1, 0.15) is 0 Å². The van der Waals surface area contributed by atoms with Crippen LogP contribution in [0.4, 0.5) is 0 Å². The number of benzene rings is 1. The van der Waals surface area contributed by atoms with Crippen LogP contribution < -0.4 is 5.73 Å². The van der Waals surface area contributed by atoms with E-state index in [2.05, 4.69) is 0 Å². The molecule has 19 heavy (non-hydrogen) atoms. The highest BCUT2D eigenvalue weighted by molar-refractivity contribution is 6.30. The van der Waals surface area contributed by atoms with Crippen molar-refractivity contribution < 1.29 is 4.79 Å². The molecule has 1 aromatic rings. The molecule has 2 N–H and O–H groups in total. The van der Waals surface area contributed by atoms with Crippen LogP contribution in [-0.2, 0) is 4.79 Å². The van der Waals surface area contributed by atoms with E-state index in [9.17, 15) is 4.79 Å². The number of hydrogen-bond acceptors (Lipinski definition) is 2.